The highest BCUT2D eigenvalue weighted by molar-refractivity contribution is 7.98. The Balaban J connectivity index is 1.65. The molecule has 2 aromatic rings. The van der Waals surface area contributed by atoms with Gasteiger partial charge in [0.05, 0.1) is 19.0 Å². The molecule has 4 saturated carbocycles. The molecule has 0 aromatic carbocycles. The topological polar surface area (TPSA) is 116 Å². The second-order valence-electron chi connectivity index (χ2n) is 6.60. The number of aliphatic hydroxyl groups is 3. The molecule has 4 aliphatic rings. The van der Waals surface area contributed by atoms with Crippen molar-refractivity contribution in [3.05, 3.63) is 6.33 Å². The minimum atomic E-state index is -1.14. The van der Waals surface area contributed by atoms with Crippen LogP contribution in [0.1, 0.15) is 6.04 Å². The monoisotopic (exact) mass is 335 g/mol. The van der Waals surface area contributed by atoms with Crippen LogP contribution in [0.5, 0.6) is 0 Å². The number of hydrogen-bond donors (Lipinski definition) is 4. The van der Waals surface area contributed by atoms with Crippen molar-refractivity contribution in [1.29, 1.82) is 0 Å². The molecule has 0 amide bonds. The van der Waals surface area contributed by atoms with E-state index in [2.05, 4.69) is 20.3 Å². The van der Waals surface area contributed by atoms with Crippen molar-refractivity contribution in [1.82, 2.24) is 19.5 Å². The average molecular weight is 335 g/mol. The summed E-state index contributed by atoms with van der Waals surface area (Å²) >= 11 is 1.43. The Morgan fingerprint density at radius 2 is 2.22 bits per heavy atom. The van der Waals surface area contributed by atoms with Crippen LogP contribution in [0.4, 0.5) is 5.82 Å². The van der Waals surface area contributed by atoms with E-state index in [1.165, 1.54) is 11.8 Å². The summed E-state index contributed by atoms with van der Waals surface area (Å²) in [7, 11) is 1.78. The van der Waals surface area contributed by atoms with Gasteiger partial charge in [-0.1, -0.05) is 11.8 Å². The number of fused-ring (bicyclic) bond motifs is 2. The highest BCUT2D eigenvalue weighted by Crippen LogP contribution is 2.95. The molecule has 2 aromatic heterocycles. The van der Waals surface area contributed by atoms with Gasteiger partial charge in [0.2, 0.25) is 0 Å². The fourth-order valence-corrected chi connectivity index (χ4v) is 5.32. The van der Waals surface area contributed by atoms with Crippen molar-refractivity contribution in [3.63, 3.8) is 0 Å². The molecule has 8 nitrogen and oxygen atoms in total. The fourth-order valence-electron chi connectivity index (χ4n) is 4.96. The molecule has 3 unspecified atom stereocenters. The maximum absolute atomic E-state index is 10.6. The van der Waals surface area contributed by atoms with Crippen molar-refractivity contribution in [3.8, 4) is 0 Å². The van der Waals surface area contributed by atoms with E-state index in [0.29, 0.717) is 22.1 Å². The van der Waals surface area contributed by atoms with Gasteiger partial charge in [-0.3, -0.25) is 0 Å². The first kappa shape index (κ1) is 14.0. The zero-order valence-electron chi connectivity index (χ0n) is 12.6. The van der Waals surface area contributed by atoms with E-state index in [9.17, 15) is 15.3 Å². The van der Waals surface area contributed by atoms with Crippen LogP contribution >= 0.6 is 11.8 Å². The molecular formula is C14H17N5O3S. The largest absolute Gasteiger partial charge is 0.396 e. The third kappa shape index (κ3) is 1.24. The lowest BCUT2D eigenvalue weighted by molar-refractivity contribution is -0.0307. The molecule has 4 aliphatic carbocycles. The van der Waals surface area contributed by atoms with Gasteiger partial charge in [0.1, 0.15) is 11.7 Å². The minimum Gasteiger partial charge on any atom is -0.396 e. The normalized spacial score (nSPS) is 42.8. The predicted octanol–water partition coefficient (Wildman–Crippen LogP) is -0.525. The first-order valence-corrected chi connectivity index (χ1v) is 8.76. The summed E-state index contributed by atoms with van der Waals surface area (Å²) in [6.45, 7) is -0.0914. The van der Waals surface area contributed by atoms with Crippen molar-refractivity contribution in [2.75, 3.05) is 25.2 Å². The van der Waals surface area contributed by atoms with Crippen molar-refractivity contribution in [2.24, 2.45) is 17.3 Å². The van der Waals surface area contributed by atoms with Crippen LogP contribution in [0, 0.1) is 17.3 Å². The van der Waals surface area contributed by atoms with Crippen LogP contribution in [-0.4, -0.2) is 66.5 Å². The van der Waals surface area contributed by atoms with E-state index in [0.717, 1.165) is 0 Å². The molecule has 4 N–H and O–H groups in total. The second-order valence-corrected chi connectivity index (χ2v) is 7.37. The van der Waals surface area contributed by atoms with E-state index in [1.54, 1.807) is 13.4 Å². The van der Waals surface area contributed by atoms with Crippen LogP contribution < -0.4 is 5.32 Å². The van der Waals surface area contributed by atoms with Gasteiger partial charge < -0.3 is 25.2 Å². The van der Waals surface area contributed by atoms with Gasteiger partial charge in [-0.05, 0) is 12.2 Å². The van der Waals surface area contributed by atoms with Crippen molar-refractivity contribution >= 4 is 28.7 Å². The Labute approximate surface area is 136 Å². The van der Waals surface area contributed by atoms with Crippen LogP contribution in [0.25, 0.3) is 11.2 Å². The number of hydrogen-bond acceptors (Lipinski definition) is 8. The number of aliphatic hydroxyl groups excluding tert-OH is 2. The van der Waals surface area contributed by atoms with Gasteiger partial charge in [0, 0.05) is 18.4 Å². The van der Waals surface area contributed by atoms with E-state index in [-0.39, 0.29) is 24.5 Å². The Hall–Kier alpha value is -1.42. The van der Waals surface area contributed by atoms with E-state index >= 15 is 0 Å². The van der Waals surface area contributed by atoms with Crippen LogP contribution in [0.15, 0.2) is 11.5 Å². The SMILES string of the molecule is CNc1nc(SC)nc2c1ncn2[C@H]1C(O)C2(O)C3[C@H]1[C@@]32CO. The Morgan fingerprint density at radius 1 is 1.43 bits per heavy atom. The maximum atomic E-state index is 10.6. The lowest BCUT2D eigenvalue weighted by atomic mass is 10.0. The number of thioether (sulfide) groups is 1. The third-order valence-corrected chi connectivity index (χ3v) is 6.63. The van der Waals surface area contributed by atoms with Gasteiger partial charge in [0.15, 0.2) is 22.1 Å². The Bertz CT molecular complexity index is 839. The van der Waals surface area contributed by atoms with Gasteiger partial charge in [-0.15, -0.1) is 0 Å². The Kier molecular flexibility index (Phi) is 2.41. The highest BCUT2D eigenvalue weighted by Gasteiger charge is 3.04. The van der Waals surface area contributed by atoms with E-state index in [1.807, 2.05) is 10.8 Å². The maximum Gasteiger partial charge on any atom is 0.191 e. The minimum absolute atomic E-state index is 0.0110. The van der Waals surface area contributed by atoms with Gasteiger partial charge in [0.25, 0.3) is 0 Å². The molecule has 9 heteroatoms. The first-order valence-electron chi connectivity index (χ1n) is 7.53. The lowest BCUT2D eigenvalue weighted by Gasteiger charge is -2.18. The summed E-state index contributed by atoms with van der Waals surface area (Å²) in [5, 5.41) is 34.4. The van der Waals surface area contributed by atoms with Crippen LogP contribution in [0.3, 0.4) is 0 Å². The molecule has 0 aliphatic heterocycles. The van der Waals surface area contributed by atoms with Crippen molar-refractivity contribution in [2.45, 2.75) is 22.9 Å². The summed E-state index contributed by atoms with van der Waals surface area (Å²) in [5.41, 5.74) is -0.382. The summed E-state index contributed by atoms with van der Waals surface area (Å²) in [5.74, 6) is 0.708. The summed E-state index contributed by atoms with van der Waals surface area (Å²) in [6, 6.07) is -0.309. The molecule has 6 rings (SSSR count). The number of rotatable bonds is 4. The summed E-state index contributed by atoms with van der Waals surface area (Å²) < 4.78 is 1.84. The lowest BCUT2D eigenvalue weighted by Crippen LogP contribution is -2.34. The smallest absolute Gasteiger partial charge is 0.191 e. The zero-order valence-corrected chi connectivity index (χ0v) is 13.4. The van der Waals surface area contributed by atoms with Gasteiger partial charge >= 0.3 is 0 Å². The van der Waals surface area contributed by atoms with E-state index < -0.39 is 17.1 Å². The van der Waals surface area contributed by atoms with Crippen molar-refractivity contribution < 1.29 is 15.3 Å². The third-order valence-electron chi connectivity index (χ3n) is 6.08. The van der Waals surface area contributed by atoms with Crippen LogP contribution in [-0.2, 0) is 0 Å². The summed E-state index contributed by atoms with van der Waals surface area (Å²) in [6.07, 6.45) is 2.64. The van der Waals surface area contributed by atoms with E-state index in [4.69, 9.17) is 0 Å². The second kappa shape index (κ2) is 3.97. The summed E-state index contributed by atoms with van der Waals surface area (Å²) in [4.78, 5) is 13.3. The molecule has 6 atom stereocenters. The molecule has 0 radical (unpaired) electrons. The first-order chi connectivity index (χ1) is 11.1. The molecule has 4 fully saturated rings. The molecule has 23 heavy (non-hydrogen) atoms. The predicted molar refractivity (Wildman–Crippen MR) is 83.1 cm³/mol. The number of anilines is 1. The number of aromatic nitrogens is 4. The fraction of sp³-hybridized carbons (Fsp3) is 0.643. The van der Waals surface area contributed by atoms with Gasteiger partial charge in [-0.2, -0.15) is 0 Å². The number of nitrogens with zero attached hydrogens (tertiary/aromatic N) is 4. The molecule has 0 spiro atoms. The standard InChI is InChI=1S/C14H17N5O3S/c1-15-10-6-11(18-12(17-10)23-2)19(4-16-6)7-5-8-13(5,3-20)14(8,22)9(7)21/h4-5,7-9,20-22H,3H2,1-2H3,(H,15,17,18)/t5-,7+,8?,9?,13-,14?/m0/s1. The average Bonchev–Trinajstić information content (AvgIpc) is 3.25. The molecule has 0 saturated heterocycles. The Morgan fingerprint density at radius 3 is 2.78 bits per heavy atom. The molecule has 2 heterocycles. The highest BCUT2D eigenvalue weighted by atomic mass is 32.2. The number of nitrogens with one attached hydrogen (secondary N) is 1. The molecule has 122 valence electrons. The zero-order chi connectivity index (χ0) is 16.1. The molecular weight excluding hydrogens is 318 g/mol. The van der Waals surface area contributed by atoms with Crippen LogP contribution in [0.2, 0.25) is 0 Å². The molecule has 2 bridgehead atoms. The quantitative estimate of drug-likeness (QED) is 0.435. The number of imidazole rings is 1. The van der Waals surface area contributed by atoms with Gasteiger partial charge in [-0.25, -0.2) is 15.0 Å².